The van der Waals surface area contributed by atoms with E-state index in [0.29, 0.717) is 11.8 Å². The van der Waals surface area contributed by atoms with Gasteiger partial charge >= 0.3 is 0 Å². The van der Waals surface area contributed by atoms with Gasteiger partial charge in [0.25, 0.3) is 0 Å². The van der Waals surface area contributed by atoms with Gasteiger partial charge in [-0.15, -0.1) is 0 Å². The quantitative estimate of drug-likeness (QED) is 0.417. The summed E-state index contributed by atoms with van der Waals surface area (Å²) in [5, 5.41) is 0. The topological polar surface area (TPSA) is 3.24 Å². The Morgan fingerprint density at radius 1 is 0.821 bits per heavy atom. The molecule has 3 aromatic rings. The molecule has 2 aliphatic carbocycles. The van der Waals surface area contributed by atoms with Crippen LogP contribution in [0.2, 0.25) is 0 Å². The zero-order chi connectivity index (χ0) is 18.7. The first-order valence-corrected chi connectivity index (χ1v) is 10.4. The third kappa shape index (κ3) is 2.31. The molecule has 0 amide bonds. The maximum atomic E-state index is 3.55. The Hall–Kier alpha value is -2.84. The van der Waals surface area contributed by atoms with Gasteiger partial charge in [0.1, 0.15) is 0 Å². The Balaban J connectivity index is 1.58. The molecule has 1 heterocycles. The van der Waals surface area contributed by atoms with E-state index in [-0.39, 0.29) is 0 Å². The van der Waals surface area contributed by atoms with Crippen LogP contribution >= 0.6 is 15.9 Å². The minimum atomic E-state index is 0.390. The third-order valence-electron chi connectivity index (χ3n) is 6.00. The summed E-state index contributed by atoms with van der Waals surface area (Å²) in [7, 11) is 0. The monoisotopic (exact) mass is 423 g/mol. The molecule has 0 saturated carbocycles. The number of benzene rings is 3. The lowest BCUT2D eigenvalue weighted by Crippen LogP contribution is -2.20. The van der Waals surface area contributed by atoms with Crippen molar-refractivity contribution in [2.45, 2.75) is 5.92 Å². The second-order valence-corrected chi connectivity index (χ2v) is 8.48. The Morgan fingerprint density at radius 2 is 1.64 bits per heavy atom. The highest BCUT2D eigenvalue weighted by atomic mass is 79.9. The number of para-hydroxylation sites is 1. The Labute approximate surface area is 173 Å². The fourth-order valence-electron chi connectivity index (χ4n) is 4.80. The van der Waals surface area contributed by atoms with E-state index in [4.69, 9.17) is 0 Å². The normalized spacial score (nSPS) is 21.2. The van der Waals surface area contributed by atoms with Crippen molar-refractivity contribution in [1.82, 2.24) is 0 Å². The number of hydrogen-bond donors (Lipinski definition) is 0. The molecule has 0 aromatic heterocycles. The molecule has 1 aliphatic heterocycles. The van der Waals surface area contributed by atoms with Gasteiger partial charge in [-0.3, -0.25) is 0 Å². The predicted molar refractivity (Wildman–Crippen MR) is 120 cm³/mol. The molecule has 0 saturated heterocycles. The summed E-state index contributed by atoms with van der Waals surface area (Å²) in [6.07, 6.45) is 9.49. The summed E-state index contributed by atoms with van der Waals surface area (Å²) in [5.41, 5.74) is 9.30. The zero-order valence-electron chi connectivity index (χ0n) is 15.2. The van der Waals surface area contributed by atoms with Crippen molar-refractivity contribution in [2.75, 3.05) is 4.90 Å². The highest BCUT2D eigenvalue weighted by Gasteiger charge is 2.42. The van der Waals surface area contributed by atoms with E-state index in [1.807, 2.05) is 0 Å². The summed E-state index contributed by atoms with van der Waals surface area (Å²) >= 11 is 3.55. The molecule has 6 rings (SSSR count). The number of halogens is 1. The highest BCUT2D eigenvalue weighted by Crippen LogP contribution is 2.57. The summed E-state index contributed by atoms with van der Waals surface area (Å²) in [4.78, 5) is 2.45. The Bertz CT molecular complexity index is 1170. The minimum Gasteiger partial charge on any atom is -0.313 e. The maximum absolute atomic E-state index is 3.55. The van der Waals surface area contributed by atoms with Crippen molar-refractivity contribution in [3.05, 3.63) is 118 Å². The van der Waals surface area contributed by atoms with E-state index < -0.39 is 0 Å². The molecule has 0 radical (unpaired) electrons. The molecule has 2 heteroatoms. The van der Waals surface area contributed by atoms with Crippen molar-refractivity contribution in [1.29, 1.82) is 0 Å². The van der Waals surface area contributed by atoms with Gasteiger partial charge in [-0.25, -0.2) is 0 Å². The van der Waals surface area contributed by atoms with Crippen LogP contribution in [0.15, 0.2) is 101 Å². The summed E-state index contributed by atoms with van der Waals surface area (Å²) in [6, 6.07) is 26.0. The average molecular weight is 424 g/mol. The van der Waals surface area contributed by atoms with Crippen LogP contribution in [-0.4, -0.2) is 0 Å². The first kappa shape index (κ1) is 16.1. The van der Waals surface area contributed by atoms with Gasteiger partial charge in [-0.05, 0) is 58.7 Å². The van der Waals surface area contributed by atoms with E-state index in [0.717, 1.165) is 4.47 Å². The molecule has 3 aromatic carbocycles. The van der Waals surface area contributed by atoms with Crippen LogP contribution in [0.25, 0.3) is 11.6 Å². The fourth-order valence-corrected chi connectivity index (χ4v) is 5.06. The molecular formula is C26H18BrN. The lowest BCUT2D eigenvalue weighted by atomic mass is 9.75. The van der Waals surface area contributed by atoms with E-state index >= 15 is 0 Å². The molecule has 2 atom stereocenters. The van der Waals surface area contributed by atoms with E-state index in [2.05, 4.69) is 118 Å². The number of allylic oxidation sites excluding steroid dienone is 5. The lowest BCUT2D eigenvalue weighted by Gasteiger charge is -2.31. The molecule has 0 fully saturated rings. The van der Waals surface area contributed by atoms with Crippen molar-refractivity contribution in [3.8, 4) is 0 Å². The molecular weight excluding hydrogens is 406 g/mol. The smallest absolute Gasteiger partial charge is 0.0503 e. The minimum absolute atomic E-state index is 0.390. The van der Waals surface area contributed by atoms with Crippen LogP contribution in [-0.2, 0) is 0 Å². The predicted octanol–water partition coefficient (Wildman–Crippen LogP) is 7.31. The molecule has 134 valence electrons. The van der Waals surface area contributed by atoms with Gasteiger partial charge in [0, 0.05) is 27.7 Å². The second-order valence-electron chi connectivity index (χ2n) is 7.56. The van der Waals surface area contributed by atoms with Crippen molar-refractivity contribution in [3.63, 3.8) is 0 Å². The van der Waals surface area contributed by atoms with Crippen LogP contribution in [0.3, 0.4) is 0 Å². The summed E-state index contributed by atoms with van der Waals surface area (Å²) in [5.74, 6) is 0.789. The standard InChI is InChI=1S/C26H18BrN/c27-21-13-11-17(12-14-21)20-15-19-10-9-18-5-4-8-23-25(18)26(19)24(16-20)28(23)22-6-2-1-3-7-22/h1-16,19,26H. The largest absolute Gasteiger partial charge is 0.313 e. The van der Waals surface area contributed by atoms with Crippen LogP contribution in [0.5, 0.6) is 0 Å². The molecule has 0 N–H and O–H groups in total. The van der Waals surface area contributed by atoms with Crippen molar-refractivity contribution >= 4 is 39.0 Å². The molecule has 0 spiro atoms. The van der Waals surface area contributed by atoms with Crippen LogP contribution < -0.4 is 4.90 Å². The van der Waals surface area contributed by atoms with Gasteiger partial charge in [0.15, 0.2) is 0 Å². The maximum Gasteiger partial charge on any atom is 0.0503 e. The number of nitrogens with zero attached hydrogens (tertiary/aromatic N) is 1. The number of rotatable bonds is 2. The van der Waals surface area contributed by atoms with Gasteiger partial charge in [0.2, 0.25) is 0 Å². The Morgan fingerprint density at radius 3 is 2.46 bits per heavy atom. The molecule has 1 nitrogen and oxygen atoms in total. The van der Waals surface area contributed by atoms with Crippen molar-refractivity contribution in [2.24, 2.45) is 5.92 Å². The first-order valence-electron chi connectivity index (χ1n) is 9.65. The van der Waals surface area contributed by atoms with Gasteiger partial charge in [-0.1, -0.05) is 76.6 Å². The fraction of sp³-hybridized carbons (Fsp3) is 0.0769. The van der Waals surface area contributed by atoms with E-state index in [1.165, 1.54) is 39.3 Å². The molecule has 2 unspecified atom stereocenters. The van der Waals surface area contributed by atoms with Crippen LogP contribution in [0, 0.1) is 5.92 Å². The molecule has 28 heavy (non-hydrogen) atoms. The van der Waals surface area contributed by atoms with E-state index in [1.54, 1.807) is 0 Å². The summed E-state index contributed by atoms with van der Waals surface area (Å²) in [6.45, 7) is 0. The van der Waals surface area contributed by atoms with Crippen molar-refractivity contribution < 1.29 is 0 Å². The van der Waals surface area contributed by atoms with Gasteiger partial charge in [-0.2, -0.15) is 0 Å². The second kappa shape index (κ2) is 6.08. The number of hydrogen-bond acceptors (Lipinski definition) is 1. The van der Waals surface area contributed by atoms with Crippen LogP contribution in [0.4, 0.5) is 11.4 Å². The van der Waals surface area contributed by atoms with Gasteiger partial charge in [0.05, 0.1) is 5.69 Å². The zero-order valence-corrected chi connectivity index (χ0v) is 16.8. The molecule has 0 bridgehead atoms. The lowest BCUT2D eigenvalue weighted by molar-refractivity contribution is 0.675. The third-order valence-corrected chi connectivity index (χ3v) is 6.52. The average Bonchev–Trinajstić information content (AvgIpc) is 3.08. The highest BCUT2D eigenvalue weighted by molar-refractivity contribution is 9.10. The Kier molecular flexibility index (Phi) is 3.51. The number of anilines is 2. The summed E-state index contributed by atoms with van der Waals surface area (Å²) < 4.78 is 1.11. The molecule has 3 aliphatic rings. The van der Waals surface area contributed by atoms with Gasteiger partial charge < -0.3 is 4.90 Å². The van der Waals surface area contributed by atoms with E-state index in [9.17, 15) is 0 Å². The first-order chi connectivity index (χ1) is 13.8. The van der Waals surface area contributed by atoms with Crippen LogP contribution in [0.1, 0.15) is 22.6 Å². The SMILES string of the molecule is Brc1ccc(C2=CC3C=Cc4cccc5c4C3C(=C2)N5c2ccccc2)cc1.